The van der Waals surface area contributed by atoms with E-state index < -0.39 is 6.10 Å². The number of H-pyrrole nitrogens is 1. The number of fused-ring (bicyclic) bond motifs is 1. The van der Waals surface area contributed by atoms with Crippen molar-refractivity contribution in [3.8, 4) is 0 Å². The average Bonchev–Trinajstić information content (AvgIpc) is 3.14. The van der Waals surface area contributed by atoms with Crippen LogP contribution in [-0.4, -0.2) is 63.6 Å². The summed E-state index contributed by atoms with van der Waals surface area (Å²) in [5.41, 5.74) is 4.92. The molecule has 26 heavy (non-hydrogen) atoms. The minimum absolute atomic E-state index is 0.215. The molecule has 2 aliphatic rings. The van der Waals surface area contributed by atoms with Gasteiger partial charge in [0.15, 0.2) is 0 Å². The number of hydrogen-bond donors (Lipinski definition) is 3. The summed E-state index contributed by atoms with van der Waals surface area (Å²) in [6, 6.07) is 5.18. The molecule has 0 spiro atoms. The lowest BCUT2D eigenvalue weighted by molar-refractivity contribution is 0.0864. The number of aliphatic hydroxyl groups excluding tert-OH is 1. The molecule has 0 saturated heterocycles. The van der Waals surface area contributed by atoms with Crippen molar-refractivity contribution in [2.75, 3.05) is 26.2 Å². The van der Waals surface area contributed by atoms with Gasteiger partial charge >= 0.3 is 0 Å². The Labute approximate surface area is 151 Å². The van der Waals surface area contributed by atoms with Crippen LogP contribution in [-0.2, 0) is 0 Å². The van der Waals surface area contributed by atoms with Crippen LogP contribution in [0.1, 0.15) is 29.6 Å². The lowest BCUT2D eigenvalue weighted by Gasteiger charge is -2.32. The number of hydrogen-bond acceptors (Lipinski definition) is 5. The van der Waals surface area contributed by atoms with Crippen molar-refractivity contribution >= 4 is 16.9 Å². The summed E-state index contributed by atoms with van der Waals surface area (Å²) in [6.07, 6.45) is 7.26. The van der Waals surface area contributed by atoms with Gasteiger partial charge < -0.3 is 10.4 Å². The highest BCUT2D eigenvalue weighted by molar-refractivity contribution is 5.97. The van der Waals surface area contributed by atoms with Crippen LogP contribution in [0.25, 0.3) is 11.0 Å². The molecule has 3 N–H and O–H groups in total. The Kier molecular flexibility index (Phi) is 4.81. The lowest BCUT2D eigenvalue weighted by atomic mass is 9.91. The first-order valence-electron chi connectivity index (χ1n) is 9.06. The van der Waals surface area contributed by atoms with E-state index in [0.29, 0.717) is 17.6 Å². The molecule has 0 bridgehead atoms. The van der Waals surface area contributed by atoms with Gasteiger partial charge in [-0.3, -0.25) is 14.8 Å². The van der Waals surface area contributed by atoms with Gasteiger partial charge in [-0.05, 0) is 43.0 Å². The standard InChI is InChI=1S/C19H23N5O2/c25-16(12-24-8-7-13-3-1-2-4-15(13)11-24)10-20-19(26)14-5-6-17-18(9-14)22-23-21-17/h2,4-6,9,16,25H,1,3,7-8,10-12H2,(H,20,26)(H,21,22,23)/t16-/m0/s1. The van der Waals surface area contributed by atoms with Gasteiger partial charge in [-0.15, -0.1) is 5.10 Å². The van der Waals surface area contributed by atoms with Crippen LogP contribution in [0.15, 0.2) is 41.5 Å². The van der Waals surface area contributed by atoms with Gasteiger partial charge in [0.2, 0.25) is 0 Å². The third-order valence-corrected chi connectivity index (χ3v) is 5.06. The average molecular weight is 353 g/mol. The van der Waals surface area contributed by atoms with E-state index in [1.165, 1.54) is 12.0 Å². The molecule has 7 heteroatoms. The first-order chi connectivity index (χ1) is 12.7. The number of aliphatic hydroxyl groups is 1. The smallest absolute Gasteiger partial charge is 0.251 e. The fraction of sp³-hybridized carbons (Fsp3) is 0.421. The van der Waals surface area contributed by atoms with Gasteiger partial charge in [-0.25, -0.2) is 0 Å². The maximum Gasteiger partial charge on any atom is 0.251 e. The fourth-order valence-corrected chi connectivity index (χ4v) is 3.64. The zero-order valence-electron chi connectivity index (χ0n) is 14.6. The van der Waals surface area contributed by atoms with Gasteiger partial charge in [0.1, 0.15) is 5.52 Å². The van der Waals surface area contributed by atoms with Gasteiger partial charge in [-0.1, -0.05) is 22.9 Å². The largest absolute Gasteiger partial charge is 0.390 e. The Morgan fingerprint density at radius 1 is 1.38 bits per heavy atom. The summed E-state index contributed by atoms with van der Waals surface area (Å²) in [7, 11) is 0. The highest BCUT2D eigenvalue weighted by Gasteiger charge is 2.21. The summed E-state index contributed by atoms with van der Waals surface area (Å²) in [6.45, 7) is 2.65. The van der Waals surface area contributed by atoms with Crippen LogP contribution in [0.5, 0.6) is 0 Å². The van der Waals surface area contributed by atoms with Crippen LogP contribution in [0.3, 0.4) is 0 Å². The number of allylic oxidation sites excluding steroid dienone is 1. The van der Waals surface area contributed by atoms with Crippen molar-refractivity contribution in [2.24, 2.45) is 0 Å². The van der Waals surface area contributed by atoms with Gasteiger partial charge in [-0.2, -0.15) is 0 Å². The summed E-state index contributed by atoms with van der Waals surface area (Å²) in [5, 5.41) is 23.5. The molecule has 1 atom stereocenters. The lowest BCUT2D eigenvalue weighted by Crippen LogP contribution is -2.42. The first-order valence-corrected chi connectivity index (χ1v) is 9.06. The highest BCUT2D eigenvalue weighted by Crippen LogP contribution is 2.26. The van der Waals surface area contributed by atoms with Crippen LogP contribution in [0.2, 0.25) is 0 Å². The summed E-state index contributed by atoms with van der Waals surface area (Å²) >= 11 is 0. The number of carbonyl (C=O) groups is 1. The summed E-state index contributed by atoms with van der Waals surface area (Å²) < 4.78 is 0. The van der Waals surface area contributed by atoms with E-state index in [4.69, 9.17) is 0 Å². The minimum atomic E-state index is -0.593. The first kappa shape index (κ1) is 16.9. The second kappa shape index (κ2) is 7.39. The maximum atomic E-state index is 12.3. The van der Waals surface area contributed by atoms with Crippen molar-refractivity contribution in [2.45, 2.75) is 25.4 Å². The summed E-state index contributed by atoms with van der Waals surface area (Å²) in [5.74, 6) is -0.215. The number of rotatable bonds is 5. The third kappa shape index (κ3) is 3.68. The minimum Gasteiger partial charge on any atom is -0.390 e. The van der Waals surface area contributed by atoms with E-state index in [2.05, 4.69) is 37.8 Å². The zero-order valence-corrected chi connectivity index (χ0v) is 14.6. The number of aromatic nitrogens is 3. The maximum absolute atomic E-state index is 12.3. The van der Waals surface area contributed by atoms with E-state index in [0.717, 1.165) is 31.4 Å². The number of nitrogens with zero attached hydrogens (tertiary/aromatic N) is 3. The van der Waals surface area contributed by atoms with Crippen molar-refractivity contribution in [3.05, 3.63) is 47.1 Å². The molecular formula is C19H23N5O2. The zero-order chi connectivity index (χ0) is 17.9. The Hall–Kier alpha value is -2.51. The number of carbonyl (C=O) groups excluding carboxylic acids is 1. The van der Waals surface area contributed by atoms with Gasteiger partial charge in [0.25, 0.3) is 5.91 Å². The van der Waals surface area contributed by atoms with E-state index >= 15 is 0 Å². The predicted octanol–water partition coefficient (Wildman–Crippen LogP) is 1.40. The second-order valence-corrected chi connectivity index (χ2v) is 6.96. The molecule has 1 aliphatic carbocycles. The molecule has 136 valence electrons. The number of benzene rings is 1. The SMILES string of the molecule is O=C(NC[C@H](O)CN1CCC2=C(C=CCC2)C1)c1ccc2[nH]nnc2c1. The molecule has 0 radical (unpaired) electrons. The third-order valence-electron chi connectivity index (χ3n) is 5.06. The molecule has 4 rings (SSSR count). The number of β-amino-alcohol motifs (C(OH)–C–C–N with tert-alkyl or cyclic N) is 1. The molecule has 7 nitrogen and oxygen atoms in total. The second-order valence-electron chi connectivity index (χ2n) is 6.96. The molecule has 2 aromatic rings. The van der Waals surface area contributed by atoms with E-state index in [-0.39, 0.29) is 12.5 Å². The summed E-state index contributed by atoms with van der Waals surface area (Å²) in [4.78, 5) is 14.5. The van der Waals surface area contributed by atoms with Crippen LogP contribution in [0.4, 0.5) is 0 Å². The highest BCUT2D eigenvalue weighted by atomic mass is 16.3. The molecule has 0 unspecified atom stereocenters. The number of amides is 1. The monoisotopic (exact) mass is 353 g/mol. The number of aromatic amines is 1. The van der Waals surface area contributed by atoms with Crippen LogP contribution in [0, 0.1) is 0 Å². The van der Waals surface area contributed by atoms with E-state index in [9.17, 15) is 9.90 Å². The molecule has 1 aromatic heterocycles. The Balaban J connectivity index is 1.28. The van der Waals surface area contributed by atoms with Crippen LogP contribution >= 0.6 is 0 Å². The topological polar surface area (TPSA) is 94.1 Å². The Morgan fingerprint density at radius 2 is 2.31 bits per heavy atom. The molecule has 0 fully saturated rings. The molecule has 2 heterocycles. The Bertz CT molecular complexity index is 870. The van der Waals surface area contributed by atoms with Gasteiger partial charge in [0, 0.05) is 31.7 Å². The molecule has 1 aliphatic heterocycles. The van der Waals surface area contributed by atoms with E-state index in [1.807, 2.05) is 0 Å². The van der Waals surface area contributed by atoms with Crippen molar-refractivity contribution in [3.63, 3.8) is 0 Å². The normalized spacial score (nSPS) is 18.8. The van der Waals surface area contributed by atoms with Crippen molar-refractivity contribution in [1.82, 2.24) is 25.6 Å². The Morgan fingerprint density at radius 3 is 3.23 bits per heavy atom. The van der Waals surface area contributed by atoms with Crippen LogP contribution < -0.4 is 5.32 Å². The fourth-order valence-electron chi connectivity index (χ4n) is 3.64. The van der Waals surface area contributed by atoms with E-state index in [1.54, 1.807) is 23.8 Å². The van der Waals surface area contributed by atoms with Gasteiger partial charge in [0.05, 0.1) is 11.6 Å². The molecular weight excluding hydrogens is 330 g/mol. The van der Waals surface area contributed by atoms with Crippen molar-refractivity contribution < 1.29 is 9.90 Å². The predicted molar refractivity (Wildman–Crippen MR) is 98.7 cm³/mol. The molecule has 0 saturated carbocycles. The van der Waals surface area contributed by atoms with Crippen molar-refractivity contribution in [1.29, 1.82) is 0 Å². The molecule has 1 amide bonds. The quantitative estimate of drug-likeness (QED) is 0.755. The number of nitrogens with one attached hydrogen (secondary N) is 2. The molecule has 1 aromatic carbocycles.